The number of hydrogen-bond donors (Lipinski definition) is 1. The number of rotatable bonds is 3. The highest BCUT2D eigenvalue weighted by Gasteiger charge is 2.27. The van der Waals surface area contributed by atoms with Crippen LogP contribution in [0.5, 0.6) is 0 Å². The van der Waals surface area contributed by atoms with Crippen LogP contribution in [0.15, 0.2) is 48.7 Å². The van der Waals surface area contributed by atoms with E-state index in [9.17, 15) is 9.59 Å². The Kier molecular flexibility index (Phi) is 4.86. The molecule has 0 bridgehead atoms. The Morgan fingerprint density at radius 3 is 2.50 bits per heavy atom. The molecule has 3 aromatic rings. The summed E-state index contributed by atoms with van der Waals surface area (Å²) in [6.45, 7) is 5.67. The number of amides is 2. The number of fused-ring (bicyclic) bond motifs is 1. The fraction of sp³-hybridized carbons (Fsp3) is 0.318. The summed E-state index contributed by atoms with van der Waals surface area (Å²) < 4.78 is 1.68. The van der Waals surface area contributed by atoms with Crippen LogP contribution in [0.1, 0.15) is 46.4 Å². The third kappa shape index (κ3) is 3.50. The zero-order valence-corrected chi connectivity index (χ0v) is 16.2. The Hall–Kier alpha value is -3.15. The highest BCUT2D eigenvalue weighted by molar-refractivity contribution is 6.06. The Morgan fingerprint density at radius 2 is 1.79 bits per heavy atom. The van der Waals surface area contributed by atoms with Crippen LogP contribution in [0.4, 0.5) is 5.69 Å². The van der Waals surface area contributed by atoms with Crippen LogP contribution in [-0.2, 0) is 0 Å². The van der Waals surface area contributed by atoms with E-state index in [1.807, 2.05) is 54.3 Å². The van der Waals surface area contributed by atoms with Gasteiger partial charge in [0.1, 0.15) is 0 Å². The highest BCUT2D eigenvalue weighted by atomic mass is 16.2. The zero-order valence-electron chi connectivity index (χ0n) is 16.2. The van der Waals surface area contributed by atoms with Crippen LogP contribution < -0.4 is 5.32 Å². The van der Waals surface area contributed by atoms with Crippen LogP contribution >= 0.6 is 0 Å². The van der Waals surface area contributed by atoms with Gasteiger partial charge >= 0.3 is 0 Å². The van der Waals surface area contributed by atoms with Gasteiger partial charge in [0.05, 0.1) is 5.52 Å². The van der Waals surface area contributed by atoms with Gasteiger partial charge in [-0.2, -0.15) is 0 Å². The molecule has 1 fully saturated rings. The van der Waals surface area contributed by atoms with Crippen molar-refractivity contribution >= 4 is 23.0 Å². The minimum absolute atomic E-state index is 0.106. The molecule has 28 heavy (non-hydrogen) atoms. The van der Waals surface area contributed by atoms with Gasteiger partial charge in [-0.1, -0.05) is 30.7 Å². The fourth-order valence-corrected chi connectivity index (χ4v) is 3.54. The maximum Gasteiger partial charge on any atom is 0.292 e. The van der Waals surface area contributed by atoms with E-state index in [1.54, 1.807) is 10.6 Å². The van der Waals surface area contributed by atoms with E-state index >= 15 is 0 Å². The molecular weight excluding hydrogens is 352 g/mol. The van der Waals surface area contributed by atoms with Crippen LogP contribution in [0.2, 0.25) is 0 Å². The monoisotopic (exact) mass is 376 g/mol. The Balaban J connectivity index is 1.65. The number of anilines is 1. The van der Waals surface area contributed by atoms with Crippen molar-refractivity contribution in [2.24, 2.45) is 5.92 Å². The predicted octanol–water partition coefficient (Wildman–Crippen LogP) is 3.77. The van der Waals surface area contributed by atoms with E-state index in [4.69, 9.17) is 0 Å². The van der Waals surface area contributed by atoms with Crippen molar-refractivity contribution in [1.82, 2.24) is 14.3 Å². The van der Waals surface area contributed by atoms with Gasteiger partial charge in [0.25, 0.3) is 11.8 Å². The van der Waals surface area contributed by atoms with Crippen molar-refractivity contribution in [2.45, 2.75) is 26.7 Å². The zero-order chi connectivity index (χ0) is 19.7. The standard InChI is InChI=1S/C22H24N4O2/c1-15-6-8-17(9-7-15)23-21(27)20-24-19(18-5-3-4-12-26(18)20)22(28)25-13-10-16(2)11-14-25/h3-9,12,16H,10-11,13-14H2,1-2H3,(H,23,27). The molecule has 1 aromatic carbocycles. The van der Waals surface area contributed by atoms with Gasteiger partial charge < -0.3 is 10.2 Å². The first-order valence-electron chi connectivity index (χ1n) is 9.67. The minimum Gasteiger partial charge on any atom is -0.337 e. The van der Waals surface area contributed by atoms with Crippen LogP contribution in [0.25, 0.3) is 5.52 Å². The second kappa shape index (κ2) is 7.46. The van der Waals surface area contributed by atoms with Crippen molar-refractivity contribution in [3.8, 4) is 0 Å². The van der Waals surface area contributed by atoms with Crippen molar-refractivity contribution in [1.29, 1.82) is 0 Å². The van der Waals surface area contributed by atoms with Crippen molar-refractivity contribution in [3.05, 3.63) is 65.7 Å². The summed E-state index contributed by atoms with van der Waals surface area (Å²) in [6, 6.07) is 13.1. The number of imidazole rings is 1. The maximum atomic E-state index is 13.1. The minimum atomic E-state index is -0.337. The maximum absolute atomic E-state index is 13.1. The number of hydrogen-bond acceptors (Lipinski definition) is 3. The lowest BCUT2D eigenvalue weighted by atomic mass is 9.99. The van der Waals surface area contributed by atoms with Gasteiger partial charge in [-0.15, -0.1) is 0 Å². The average molecular weight is 376 g/mol. The van der Waals surface area contributed by atoms with Gasteiger partial charge in [0, 0.05) is 25.0 Å². The van der Waals surface area contributed by atoms with E-state index in [0.29, 0.717) is 22.8 Å². The van der Waals surface area contributed by atoms with Gasteiger partial charge in [-0.25, -0.2) is 4.98 Å². The van der Waals surface area contributed by atoms with Crippen LogP contribution in [0, 0.1) is 12.8 Å². The molecule has 6 nitrogen and oxygen atoms in total. The third-order valence-electron chi connectivity index (χ3n) is 5.33. The van der Waals surface area contributed by atoms with Crippen molar-refractivity contribution < 1.29 is 9.59 Å². The number of likely N-dealkylation sites (tertiary alicyclic amines) is 1. The van der Waals surface area contributed by atoms with Gasteiger partial charge in [-0.05, 0) is 49.9 Å². The topological polar surface area (TPSA) is 66.7 Å². The first-order chi connectivity index (χ1) is 13.5. The Bertz CT molecular complexity index is 1010. The largest absolute Gasteiger partial charge is 0.337 e. The fourth-order valence-electron chi connectivity index (χ4n) is 3.54. The lowest BCUT2D eigenvalue weighted by Crippen LogP contribution is -2.38. The Labute approximate surface area is 164 Å². The summed E-state index contributed by atoms with van der Waals surface area (Å²) >= 11 is 0. The molecule has 0 atom stereocenters. The molecule has 2 aromatic heterocycles. The summed E-state index contributed by atoms with van der Waals surface area (Å²) in [5.74, 6) is 0.407. The molecule has 1 N–H and O–H groups in total. The molecule has 0 unspecified atom stereocenters. The number of aryl methyl sites for hydroxylation is 1. The number of nitrogens with zero attached hydrogens (tertiary/aromatic N) is 3. The summed E-state index contributed by atoms with van der Waals surface area (Å²) in [5.41, 5.74) is 2.80. The number of carbonyl (C=O) groups is 2. The number of piperidine rings is 1. The summed E-state index contributed by atoms with van der Waals surface area (Å²) in [4.78, 5) is 32.2. The van der Waals surface area contributed by atoms with E-state index in [0.717, 1.165) is 31.5 Å². The number of nitrogens with one attached hydrogen (secondary N) is 1. The first-order valence-corrected chi connectivity index (χ1v) is 9.67. The molecule has 6 heteroatoms. The van der Waals surface area contributed by atoms with Gasteiger partial charge in [0.2, 0.25) is 5.82 Å². The molecule has 0 aliphatic carbocycles. The van der Waals surface area contributed by atoms with Crippen LogP contribution in [-0.4, -0.2) is 39.2 Å². The molecule has 4 rings (SSSR count). The lowest BCUT2D eigenvalue weighted by Gasteiger charge is -2.29. The molecule has 0 radical (unpaired) electrons. The molecule has 0 saturated carbocycles. The molecule has 1 aliphatic rings. The van der Waals surface area contributed by atoms with E-state index in [-0.39, 0.29) is 17.6 Å². The normalized spacial score (nSPS) is 15.0. The van der Waals surface area contributed by atoms with Gasteiger partial charge in [0.15, 0.2) is 5.69 Å². The third-order valence-corrected chi connectivity index (χ3v) is 5.33. The summed E-state index contributed by atoms with van der Waals surface area (Å²) in [7, 11) is 0. The number of benzene rings is 1. The van der Waals surface area contributed by atoms with E-state index < -0.39 is 0 Å². The Morgan fingerprint density at radius 1 is 1.07 bits per heavy atom. The molecule has 1 aliphatic heterocycles. The summed E-state index contributed by atoms with van der Waals surface area (Å²) in [5, 5.41) is 2.87. The van der Waals surface area contributed by atoms with Crippen molar-refractivity contribution in [2.75, 3.05) is 18.4 Å². The molecule has 2 amide bonds. The van der Waals surface area contributed by atoms with Crippen molar-refractivity contribution in [3.63, 3.8) is 0 Å². The number of aromatic nitrogens is 2. The number of pyridine rings is 1. The molecule has 144 valence electrons. The van der Waals surface area contributed by atoms with E-state index in [2.05, 4.69) is 17.2 Å². The average Bonchev–Trinajstić information content (AvgIpc) is 3.10. The quantitative estimate of drug-likeness (QED) is 0.757. The number of carbonyl (C=O) groups excluding carboxylic acids is 2. The molecule has 0 spiro atoms. The lowest BCUT2D eigenvalue weighted by molar-refractivity contribution is 0.0694. The smallest absolute Gasteiger partial charge is 0.292 e. The SMILES string of the molecule is Cc1ccc(NC(=O)c2nc(C(=O)N3CCC(C)CC3)c3ccccn23)cc1. The molecular formula is C22H24N4O2. The summed E-state index contributed by atoms with van der Waals surface area (Å²) in [6.07, 6.45) is 3.76. The highest BCUT2D eigenvalue weighted by Crippen LogP contribution is 2.21. The van der Waals surface area contributed by atoms with Crippen LogP contribution in [0.3, 0.4) is 0 Å². The van der Waals surface area contributed by atoms with E-state index in [1.165, 1.54) is 0 Å². The molecule has 1 saturated heterocycles. The second-order valence-electron chi connectivity index (χ2n) is 7.53. The second-order valence-corrected chi connectivity index (χ2v) is 7.53. The molecule has 3 heterocycles. The predicted molar refractivity (Wildman–Crippen MR) is 109 cm³/mol. The van der Waals surface area contributed by atoms with Gasteiger partial charge in [-0.3, -0.25) is 14.0 Å². The first kappa shape index (κ1) is 18.2.